The third kappa shape index (κ3) is 4.66. The van der Waals surface area contributed by atoms with Crippen LogP contribution in [0.15, 0.2) is 193 Å². The van der Waals surface area contributed by atoms with E-state index in [-0.39, 0.29) is 0 Å². The lowest BCUT2D eigenvalue weighted by molar-refractivity contribution is 0.435. The molecule has 1 aliphatic heterocycles. The predicted octanol–water partition coefficient (Wildman–Crippen LogP) is 12.9. The molecule has 0 bridgehead atoms. The van der Waals surface area contributed by atoms with Gasteiger partial charge < -0.3 is 9.15 Å². The van der Waals surface area contributed by atoms with Crippen LogP contribution < -0.4 is 4.74 Å². The highest BCUT2D eigenvalue weighted by Crippen LogP contribution is 2.61. The van der Waals surface area contributed by atoms with Crippen molar-refractivity contribution in [2.24, 2.45) is 0 Å². The summed E-state index contributed by atoms with van der Waals surface area (Å²) in [4.78, 5) is 14.8. The fourth-order valence-corrected chi connectivity index (χ4v) is 9.20. The molecule has 5 nitrogen and oxygen atoms in total. The molecule has 1 unspecified atom stereocenters. The molecule has 1 spiro atoms. The fraction of sp³-hybridized carbons (Fsp3) is 0.0192. The van der Waals surface area contributed by atoms with Gasteiger partial charge in [0.05, 0.1) is 16.8 Å². The summed E-state index contributed by atoms with van der Waals surface area (Å²) in [7, 11) is 0. The maximum Gasteiger partial charge on any atom is 0.160 e. The highest BCUT2D eigenvalue weighted by atomic mass is 16.5. The molecule has 4 heterocycles. The van der Waals surface area contributed by atoms with Crippen LogP contribution in [0.3, 0.4) is 0 Å². The second-order valence-electron chi connectivity index (χ2n) is 14.7. The third-order valence-corrected chi connectivity index (χ3v) is 11.7. The maximum atomic E-state index is 6.96. The van der Waals surface area contributed by atoms with E-state index < -0.39 is 5.41 Å². The van der Waals surface area contributed by atoms with Gasteiger partial charge in [0.1, 0.15) is 22.7 Å². The van der Waals surface area contributed by atoms with Crippen LogP contribution in [0.25, 0.3) is 78.1 Å². The first kappa shape index (κ1) is 31.7. The Kier molecular flexibility index (Phi) is 6.78. The van der Waals surface area contributed by atoms with E-state index in [1.54, 1.807) is 6.20 Å². The van der Waals surface area contributed by atoms with Gasteiger partial charge >= 0.3 is 0 Å². The van der Waals surface area contributed by atoms with E-state index in [1.807, 2.05) is 48.7 Å². The number of ether oxygens (including phenoxy) is 1. The van der Waals surface area contributed by atoms with Crippen LogP contribution in [0.5, 0.6) is 11.5 Å². The molecule has 2 aliphatic rings. The van der Waals surface area contributed by atoms with Gasteiger partial charge in [-0.05, 0) is 81.9 Å². The standard InChI is InChI=1S/C52H31N3O2/c1-2-13-32(14-3-1)51-54-45(30-46(55-51)34-15-12-26-53-31-34)33-24-25-38-36-17-5-4-16-35(36)37-18-6-8-20-41(37)52(43(38)27-33)42-21-9-11-23-48(42)57-50-28-40-39-19-7-10-22-47(39)56-49(40)29-44(50)52/h1-31H. The van der Waals surface area contributed by atoms with E-state index in [2.05, 4.69) is 138 Å². The lowest BCUT2D eigenvalue weighted by Crippen LogP contribution is -2.34. The number of para-hydroxylation sites is 2. The minimum Gasteiger partial charge on any atom is -0.457 e. The summed E-state index contributed by atoms with van der Waals surface area (Å²) in [6.45, 7) is 0. The lowest BCUT2D eigenvalue weighted by atomic mass is 9.62. The number of hydrogen-bond acceptors (Lipinski definition) is 5. The van der Waals surface area contributed by atoms with Crippen LogP contribution in [0.2, 0.25) is 0 Å². The van der Waals surface area contributed by atoms with Gasteiger partial charge in [0.2, 0.25) is 0 Å². The van der Waals surface area contributed by atoms with Gasteiger partial charge in [0.15, 0.2) is 5.82 Å². The summed E-state index contributed by atoms with van der Waals surface area (Å²) in [5, 5.41) is 2.08. The van der Waals surface area contributed by atoms with Gasteiger partial charge in [-0.3, -0.25) is 4.98 Å². The van der Waals surface area contributed by atoms with E-state index in [0.29, 0.717) is 5.82 Å². The molecule has 10 aromatic rings. The zero-order valence-electron chi connectivity index (χ0n) is 30.6. The summed E-state index contributed by atoms with van der Waals surface area (Å²) >= 11 is 0. The summed E-state index contributed by atoms with van der Waals surface area (Å²) < 4.78 is 13.6. The van der Waals surface area contributed by atoms with E-state index in [9.17, 15) is 0 Å². The Balaban J connectivity index is 1.22. The number of hydrogen-bond donors (Lipinski definition) is 0. The molecular weight excluding hydrogens is 699 g/mol. The maximum absolute atomic E-state index is 6.96. The average molecular weight is 730 g/mol. The number of benzene rings is 7. The van der Waals surface area contributed by atoms with Crippen LogP contribution in [0, 0.1) is 0 Å². The first-order valence-corrected chi connectivity index (χ1v) is 19.2. The minimum absolute atomic E-state index is 0.654. The van der Waals surface area contributed by atoms with Crippen molar-refractivity contribution in [3.05, 3.63) is 211 Å². The Morgan fingerprint density at radius 3 is 1.91 bits per heavy atom. The topological polar surface area (TPSA) is 61.0 Å². The van der Waals surface area contributed by atoms with Crippen molar-refractivity contribution in [1.82, 2.24) is 15.0 Å². The van der Waals surface area contributed by atoms with Crippen molar-refractivity contribution >= 4 is 21.9 Å². The van der Waals surface area contributed by atoms with E-state index in [4.69, 9.17) is 19.1 Å². The minimum atomic E-state index is -0.820. The van der Waals surface area contributed by atoms with Crippen molar-refractivity contribution in [3.63, 3.8) is 0 Å². The Bertz CT molecular complexity index is 3170. The van der Waals surface area contributed by atoms with Crippen molar-refractivity contribution in [2.45, 2.75) is 5.41 Å². The number of pyridine rings is 1. The second-order valence-corrected chi connectivity index (χ2v) is 14.7. The van der Waals surface area contributed by atoms with Crippen molar-refractivity contribution in [2.75, 3.05) is 0 Å². The van der Waals surface area contributed by atoms with Crippen LogP contribution in [-0.2, 0) is 5.41 Å². The molecule has 0 amide bonds. The summed E-state index contributed by atoms with van der Waals surface area (Å²) in [6, 6.07) is 61.8. The monoisotopic (exact) mass is 729 g/mol. The molecule has 0 saturated heterocycles. The molecule has 0 saturated carbocycles. The molecule has 1 aliphatic carbocycles. The van der Waals surface area contributed by atoms with E-state index in [1.165, 1.54) is 22.3 Å². The van der Waals surface area contributed by atoms with Gasteiger partial charge in [0, 0.05) is 51.0 Å². The van der Waals surface area contributed by atoms with E-state index in [0.717, 1.165) is 83.8 Å². The number of furan rings is 1. The highest BCUT2D eigenvalue weighted by Gasteiger charge is 2.49. The van der Waals surface area contributed by atoms with Gasteiger partial charge in [-0.15, -0.1) is 0 Å². The van der Waals surface area contributed by atoms with Gasteiger partial charge in [-0.2, -0.15) is 0 Å². The van der Waals surface area contributed by atoms with Crippen LogP contribution in [0.1, 0.15) is 22.3 Å². The quantitative estimate of drug-likeness (QED) is 0.181. The molecule has 7 aromatic carbocycles. The summed E-state index contributed by atoms with van der Waals surface area (Å²) in [6.07, 6.45) is 3.64. The largest absolute Gasteiger partial charge is 0.457 e. The van der Waals surface area contributed by atoms with Gasteiger partial charge in [-0.25, -0.2) is 9.97 Å². The SMILES string of the molecule is c1ccc(-c2nc(-c3cccnc3)cc(-c3ccc4c(c3)C3(c5ccccc5Oc5cc6c(cc53)oc3ccccc36)c3ccccc3-c3ccccc3-4)n2)cc1. The Morgan fingerprint density at radius 2 is 1.09 bits per heavy atom. The molecule has 0 radical (unpaired) electrons. The smallest absolute Gasteiger partial charge is 0.160 e. The number of fused-ring (bicyclic) bond motifs is 14. The number of rotatable bonds is 3. The summed E-state index contributed by atoms with van der Waals surface area (Å²) in [5.41, 5.74) is 14.4. The molecule has 57 heavy (non-hydrogen) atoms. The highest BCUT2D eigenvalue weighted by molar-refractivity contribution is 6.06. The molecule has 266 valence electrons. The zero-order valence-corrected chi connectivity index (χ0v) is 30.6. The first-order chi connectivity index (χ1) is 28.2. The molecule has 3 aromatic heterocycles. The Hall–Kier alpha value is -7.63. The van der Waals surface area contributed by atoms with Crippen LogP contribution >= 0.6 is 0 Å². The average Bonchev–Trinajstić information content (AvgIpc) is 3.60. The van der Waals surface area contributed by atoms with E-state index >= 15 is 0 Å². The normalized spacial score (nSPS) is 14.9. The molecule has 5 heteroatoms. The van der Waals surface area contributed by atoms with Gasteiger partial charge in [-0.1, -0.05) is 127 Å². The predicted molar refractivity (Wildman–Crippen MR) is 226 cm³/mol. The van der Waals surface area contributed by atoms with Crippen molar-refractivity contribution < 1.29 is 9.15 Å². The second kappa shape index (κ2) is 12.2. The molecule has 1 atom stereocenters. The van der Waals surface area contributed by atoms with Crippen molar-refractivity contribution in [3.8, 4) is 67.7 Å². The van der Waals surface area contributed by atoms with Crippen LogP contribution in [-0.4, -0.2) is 15.0 Å². The van der Waals surface area contributed by atoms with Crippen LogP contribution in [0.4, 0.5) is 0 Å². The Morgan fingerprint density at radius 1 is 0.404 bits per heavy atom. The molecule has 0 N–H and O–H groups in total. The molecule has 0 fully saturated rings. The van der Waals surface area contributed by atoms with Crippen molar-refractivity contribution in [1.29, 1.82) is 0 Å². The fourth-order valence-electron chi connectivity index (χ4n) is 9.20. The molecular formula is C52H31N3O2. The lowest BCUT2D eigenvalue weighted by Gasteiger charge is -2.42. The number of nitrogens with zero attached hydrogens (tertiary/aromatic N) is 3. The van der Waals surface area contributed by atoms with Gasteiger partial charge in [0.25, 0.3) is 0 Å². The summed E-state index contributed by atoms with van der Waals surface area (Å²) in [5.74, 6) is 2.28. The molecule has 12 rings (SSSR count). The first-order valence-electron chi connectivity index (χ1n) is 19.2. The number of aromatic nitrogens is 3. The Labute approximate surface area is 328 Å². The zero-order chi connectivity index (χ0) is 37.5. The third-order valence-electron chi connectivity index (χ3n) is 11.7.